The van der Waals surface area contributed by atoms with Crippen LogP contribution in [0.25, 0.3) is 11.1 Å². The van der Waals surface area contributed by atoms with Crippen molar-refractivity contribution in [2.75, 3.05) is 26.5 Å². The maximum atomic E-state index is 14.9. The number of carbonyl (C=O) groups excluding carboxylic acids is 1. The third kappa shape index (κ3) is 5.28. The van der Waals surface area contributed by atoms with Crippen LogP contribution in [-0.4, -0.2) is 45.5 Å². The lowest BCUT2D eigenvalue weighted by Crippen LogP contribution is -2.35. The summed E-state index contributed by atoms with van der Waals surface area (Å²) < 4.78 is 48.0. The largest absolute Gasteiger partial charge is 0.481 e. The smallest absolute Gasteiger partial charge is 0.333 e. The van der Waals surface area contributed by atoms with Crippen LogP contribution in [0.15, 0.2) is 53.6 Å². The quantitative estimate of drug-likeness (QED) is 0.512. The number of rotatable bonds is 7. The van der Waals surface area contributed by atoms with Gasteiger partial charge in [0, 0.05) is 29.9 Å². The van der Waals surface area contributed by atoms with Crippen LogP contribution in [0.4, 0.5) is 14.9 Å². The van der Waals surface area contributed by atoms with E-state index >= 15 is 0 Å². The van der Waals surface area contributed by atoms with E-state index in [-0.39, 0.29) is 12.1 Å². The molecular formula is C25H27FN4O4S. The fourth-order valence-electron chi connectivity index (χ4n) is 4.28. The number of sulfonamides is 1. The van der Waals surface area contributed by atoms with Gasteiger partial charge in [-0.05, 0) is 62.2 Å². The highest BCUT2D eigenvalue weighted by Gasteiger charge is 2.26. The summed E-state index contributed by atoms with van der Waals surface area (Å²) in [5.41, 5.74) is 4.24. The number of methoxy groups -OCH3 is 1. The number of carbonyl (C=O) groups is 1. The number of aromatic nitrogens is 1. The van der Waals surface area contributed by atoms with Crippen molar-refractivity contribution in [3.63, 3.8) is 0 Å². The maximum Gasteiger partial charge on any atom is 0.333 e. The van der Waals surface area contributed by atoms with Crippen LogP contribution < -0.4 is 14.8 Å². The molecular weight excluding hydrogens is 471 g/mol. The number of ether oxygens (including phenoxy) is 1. The molecule has 1 aromatic heterocycles. The fourth-order valence-corrected chi connectivity index (χ4v) is 5.31. The van der Waals surface area contributed by atoms with Crippen LogP contribution in [0.2, 0.25) is 0 Å². The highest BCUT2D eigenvalue weighted by molar-refractivity contribution is 7.90. The summed E-state index contributed by atoms with van der Waals surface area (Å²) in [6, 6.07) is 10.5. The zero-order valence-corrected chi connectivity index (χ0v) is 20.6. The van der Waals surface area contributed by atoms with Gasteiger partial charge in [0.2, 0.25) is 5.88 Å². The van der Waals surface area contributed by atoms with E-state index < -0.39 is 26.8 Å². The molecule has 2 amide bonds. The first-order valence-corrected chi connectivity index (χ1v) is 12.6. The Balaban J connectivity index is 1.65. The lowest BCUT2D eigenvalue weighted by Gasteiger charge is -2.17. The number of nitrogens with zero attached hydrogens (tertiary/aromatic N) is 2. The molecule has 4 rings (SSSR count). The van der Waals surface area contributed by atoms with Crippen LogP contribution in [0.5, 0.6) is 5.88 Å². The van der Waals surface area contributed by atoms with Gasteiger partial charge in [-0.25, -0.2) is 27.3 Å². The summed E-state index contributed by atoms with van der Waals surface area (Å²) in [4.78, 5) is 18.2. The number of amides is 2. The van der Waals surface area contributed by atoms with Crippen LogP contribution in [0.1, 0.15) is 23.1 Å². The zero-order valence-electron chi connectivity index (χ0n) is 19.8. The lowest BCUT2D eigenvalue weighted by molar-refractivity contribution is 0.256. The average molecular weight is 499 g/mol. The fraction of sp³-hybridized carbons (Fsp3) is 0.280. The lowest BCUT2D eigenvalue weighted by atomic mass is 9.98. The molecule has 0 bridgehead atoms. The number of aryl methyl sites for hydroxylation is 1. The molecule has 35 heavy (non-hydrogen) atoms. The van der Waals surface area contributed by atoms with Gasteiger partial charge in [-0.2, -0.15) is 0 Å². The average Bonchev–Trinajstić information content (AvgIpc) is 3.29. The van der Waals surface area contributed by atoms with Crippen molar-refractivity contribution < 1.29 is 22.3 Å². The number of hydrogen-bond acceptors (Lipinski definition) is 6. The van der Waals surface area contributed by atoms with Gasteiger partial charge >= 0.3 is 6.03 Å². The Bertz CT molecular complexity index is 1380. The number of fused-ring (bicyclic) bond motifs is 1. The van der Waals surface area contributed by atoms with Crippen molar-refractivity contribution in [1.29, 1.82) is 0 Å². The minimum Gasteiger partial charge on any atom is -0.481 e. The maximum absolute atomic E-state index is 14.9. The molecule has 1 heterocycles. The second kappa shape index (κ2) is 10.0. The summed E-state index contributed by atoms with van der Waals surface area (Å²) >= 11 is 0. The Morgan fingerprint density at radius 3 is 2.71 bits per heavy atom. The Labute approximate surface area is 204 Å². The van der Waals surface area contributed by atoms with Gasteiger partial charge in [0.05, 0.1) is 12.8 Å². The number of nitrogens with one attached hydrogen (secondary N) is 2. The Kier molecular flexibility index (Phi) is 7.04. The summed E-state index contributed by atoms with van der Waals surface area (Å²) in [5, 5.41) is 2.72. The molecule has 0 spiro atoms. The standard InChI is InChI=1S/C25H27FN4O4S/c1-30(2)15-18-7-5-9-21(23(18)26)35(32,33)29-25(31)28-24-19-8-4-6-16(19)10-11-20(24)17-12-13-27-22(14-17)34-3/h5,7,9-14H,4,6,8,15H2,1-3H3,(H2,28,29,31). The van der Waals surface area contributed by atoms with Crippen molar-refractivity contribution in [2.45, 2.75) is 30.7 Å². The van der Waals surface area contributed by atoms with Crippen LogP contribution in [0.3, 0.4) is 0 Å². The number of pyridine rings is 1. The van der Waals surface area contributed by atoms with Gasteiger partial charge in [0.15, 0.2) is 0 Å². The normalized spacial score (nSPS) is 12.9. The van der Waals surface area contributed by atoms with Crippen LogP contribution >= 0.6 is 0 Å². The van der Waals surface area contributed by atoms with Gasteiger partial charge in [-0.3, -0.25) is 0 Å². The van der Waals surface area contributed by atoms with E-state index in [4.69, 9.17) is 4.74 Å². The van der Waals surface area contributed by atoms with E-state index in [1.54, 1.807) is 37.3 Å². The third-order valence-electron chi connectivity index (χ3n) is 5.82. The molecule has 10 heteroatoms. The second-order valence-electron chi connectivity index (χ2n) is 8.59. The van der Waals surface area contributed by atoms with E-state index in [1.807, 2.05) is 16.9 Å². The molecule has 2 N–H and O–H groups in total. The molecule has 0 saturated heterocycles. The molecule has 3 aromatic rings. The molecule has 184 valence electrons. The molecule has 1 aliphatic carbocycles. The van der Waals surface area contributed by atoms with E-state index in [1.165, 1.54) is 19.2 Å². The SMILES string of the molecule is COc1cc(-c2ccc3c(c2NC(=O)NS(=O)(=O)c2cccc(CN(C)C)c2F)CCC3)ccn1. The minimum absolute atomic E-state index is 0.216. The molecule has 0 atom stereocenters. The number of hydrogen-bond donors (Lipinski definition) is 2. The Morgan fingerprint density at radius 2 is 1.97 bits per heavy atom. The van der Waals surface area contributed by atoms with Gasteiger partial charge in [0.1, 0.15) is 10.7 Å². The molecule has 0 saturated carbocycles. The first kappa shape index (κ1) is 24.6. The number of benzene rings is 2. The van der Waals surface area contributed by atoms with E-state index in [0.29, 0.717) is 17.1 Å². The summed E-state index contributed by atoms with van der Waals surface area (Å²) in [6.45, 7) is 0.219. The molecule has 2 aromatic carbocycles. The predicted molar refractivity (Wildman–Crippen MR) is 131 cm³/mol. The van der Waals surface area contributed by atoms with Gasteiger partial charge < -0.3 is 15.0 Å². The number of halogens is 1. The van der Waals surface area contributed by atoms with Gasteiger partial charge in [-0.15, -0.1) is 0 Å². The van der Waals surface area contributed by atoms with Crippen LogP contribution in [-0.2, 0) is 29.4 Å². The summed E-state index contributed by atoms with van der Waals surface area (Å²) in [7, 11) is 0.558. The Morgan fingerprint density at radius 1 is 1.17 bits per heavy atom. The predicted octanol–water partition coefficient (Wildman–Crippen LogP) is 3.96. The molecule has 0 unspecified atom stereocenters. The molecule has 8 nitrogen and oxygen atoms in total. The third-order valence-corrected chi connectivity index (χ3v) is 7.17. The van der Waals surface area contributed by atoms with E-state index in [9.17, 15) is 17.6 Å². The highest BCUT2D eigenvalue weighted by atomic mass is 32.2. The van der Waals surface area contributed by atoms with Gasteiger partial charge in [0.25, 0.3) is 10.0 Å². The van der Waals surface area contributed by atoms with Crippen molar-refractivity contribution in [3.8, 4) is 17.0 Å². The second-order valence-corrected chi connectivity index (χ2v) is 10.2. The first-order valence-electron chi connectivity index (χ1n) is 11.1. The van der Waals surface area contributed by atoms with Crippen molar-refractivity contribution in [2.24, 2.45) is 0 Å². The molecule has 0 radical (unpaired) electrons. The van der Waals surface area contributed by atoms with Crippen LogP contribution in [0, 0.1) is 5.82 Å². The monoisotopic (exact) mass is 498 g/mol. The van der Waals surface area contributed by atoms with E-state index in [0.717, 1.165) is 42.0 Å². The minimum atomic E-state index is -4.46. The topological polar surface area (TPSA) is 101 Å². The highest BCUT2D eigenvalue weighted by Crippen LogP contribution is 2.38. The molecule has 1 aliphatic rings. The number of urea groups is 1. The molecule has 0 fully saturated rings. The Hall–Kier alpha value is -3.50. The zero-order chi connectivity index (χ0) is 25.2. The van der Waals surface area contributed by atoms with Crippen molar-refractivity contribution >= 4 is 21.7 Å². The summed E-state index contributed by atoms with van der Waals surface area (Å²) in [5.74, 6) is -0.472. The number of anilines is 1. The first-order chi connectivity index (χ1) is 16.7. The molecule has 0 aliphatic heterocycles. The van der Waals surface area contributed by atoms with Gasteiger partial charge in [-0.1, -0.05) is 24.3 Å². The van der Waals surface area contributed by atoms with Crippen molar-refractivity contribution in [3.05, 3.63) is 71.2 Å². The van der Waals surface area contributed by atoms with Crippen molar-refractivity contribution in [1.82, 2.24) is 14.6 Å². The van der Waals surface area contributed by atoms with E-state index in [2.05, 4.69) is 10.3 Å². The summed E-state index contributed by atoms with van der Waals surface area (Å²) in [6.07, 6.45) is 4.14.